The number of hydrogen-bond donors (Lipinski definition) is 2. The summed E-state index contributed by atoms with van der Waals surface area (Å²) >= 11 is 0.991. The topological polar surface area (TPSA) is 128 Å². The van der Waals surface area contributed by atoms with Crippen molar-refractivity contribution in [3.05, 3.63) is 76.7 Å². The summed E-state index contributed by atoms with van der Waals surface area (Å²) in [7, 11) is -2.01. The molecule has 184 valence electrons. The molecule has 0 bridgehead atoms. The van der Waals surface area contributed by atoms with Gasteiger partial charge in [0.15, 0.2) is 0 Å². The number of anilines is 2. The van der Waals surface area contributed by atoms with Gasteiger partial charge < -0.3 is 10.2 Å². The van der Waals surface area contributed by atoms with Gasteiger partial charge >= 0.3 is 6.03 Å². The van der Waals surface area contributed by atoms with Crippen LogP contribution in [-0.4, -0.2) is 57.1 Å². The monoisotopic (exact) mass is 523 g/mol. The van der Waals surface area contributed by atoms with Gasteiger partial charge in [-0.1, -0.05) is 12.1 Å². The second kappa shape index (κ2) is 9.21. The summed E-state index contributed by atoms with van der Waals surface area (Å²) in [6, 6.07) is 13.4. The molecular weight excluding hydrogens is 502 g/mol. The number of rotatable bonds is 5. The minimum atomic E-state index is -3.97. The van der Waals surface area contributed by atoms with E-state index in [2.05, 4.69) is 10.3 Å². The minimum absolute atomic E-state index is 0.0192. The van der Waals surface area contributed by atoms with Crippen molar-refractivity contribution in [3.8, 4) is 0 Å². The highest BCUT2D eigenvalue weighted by Crippen LogP contribution is 2.28. The number of aliphatic imine (C=N–C) groups is 1. The molecule has 2 aromatic carbocycles. The third kappa shape index (κ3) is 4.48. The maximum Gasteiger partial charge on any atom is 0.333 e. The lowest BCUT2D eigenvalue weighted by Gasteiger charge is -2.27. The zero-order valence-electron chi connectivity index (χ0n) is 19.1. The number of benzene rings is 2. The molecule has 0 radical (unpaired) electrons. The van der Waals surface area contributed by atoms with E-state index >= 15 is 0 Å². The molecule has 0 unspecified atom stereocenters. The van der Waals surface area contributed by atoms with Crippen molar-refractivity contribution in [2.75, 3.05) is 30.4 Å². The molecule has 1 aromatic heterocycles. The van der Waals surface area contributed by atoms with Crippen molar-refractivity contribution >= 4 is 56.4 Å². The number of carbonyl (C=O) groups is 3. The van der Waals surface area contributed by atoms with Crippen molar-refractivity contribution in [2.45, 2.75) is 10.6 Å². The van der Waals surface area contributed by atoms with Crippen LogP contribution in [0.3, 0.4) is 0 Å². The molecule has 2 aliphatic heterocycles. The van der Waals surface area contributed by atoms with Gasteiger partial charge in [0.1, 0.15) is 10.0 Å². The van der Waals surface area contributed by atoms with Crippen LogP contribution in [0.4, 0.5) is 16.2 Å². The highest BCUT2D eigenvalue weighted by molar-refractivity contribution is 7.92. The average molecular weight is 524 g/mol. The van der Waals surface area contributed by atoms with Crippen LogP contribution in [0.1, 0.15) is 21.5 Å². The quantitative estimate of drug-likeness (QED) is 0.495. The molecule has 0 atom stereocenters. The van der Waals surface area contributed by atoms with Crippen LogP contribution in [0.5, 0.6) is 0 Å². The molecule has 0 fully saturated rings. The van der Waals surface area contributed by atoms with E-state index in [1.165, 1.54) is 30.3 Å². The summed E-state index contributed by atoms with van der Waals surface area (Å²) in [5.74, 6) is 0.0392. The van der Waals surface area contributed by atoms with Gasteiger partial charge in [-0.05, 0) is 53.4 Å². The molecule has 3 heterocycles. The predicted octanol–water partition coefficient (Wildman–Crippen LogP) is 2.68. The summed E-state index contributed by atoms with van der Waals surface area (Å²) in [4.78, 5) is 45.9. The van der Waals surface area contributed by atoms with E-state index in [1.807, 2.05) is 28.8 Å². The number of imide groups is 1. The lowest BCUT2D eigenvalue weighted by atomic mass is 9.95. The molecule has 0 saturated heterocycles. The Balaban J connectivity index is 1.30. The normalized spacial score (nSPS) is 15.5. The number of sulfonamides is 1. The second-order valence-electron chi connectivity index (χ2n) is 8.25. The first-order valence-electron chi connectivity index (χ1n) is 11.0. The summed E-state index contributed by atoms with van der Waals surface area (Å²) < 4.78 is 26.3. The van der Waals surface area contributed by atoms with Gasteiger partial charge in [-0.25, -0.2) is 22.8 Å². The Morgan fingerprint density at radius 1 is 1.08 bits per heavy atom. The predicted molar refractivity (Wildman–Crippen MR) is 136 cm³/mol. The van der Waals surface area contributed by atoms with Crippen LogP contribution in [0.15, 0.2) is 69.2 Å². The van der Waals surface area contributed by atoms with Gasteiger partial charge in [0.2, 0.25) is 5.91 Å². The number of amides is 4. The fourth-order valence-electron chi connectivity index (χ4n) is 4.11. The average Bonchev–Trinajstić information content (AvgIpc) is 3.52. The number of hydrogen-bond acceptors (Lipinski definition) is 8. The van der Waals surface area contributed by atoms with Crippen molar-refractivity contribution in [2.24, 2.45) is 4.99 Å². The first-order valence-corrected chi connectivity index (χ1v) is 13.3. The van der Waals surface area contributed by atoms with Crippen LogP contribution in [-0.2, 0) is 21.2 Å². The lowest BCUT2D eigenvalue weighted by Crippen LogP contribution is -2.42. The third-order valence-electron chi connectivity index (χ3n) is 5.82. The smallest absolute Gasteiger partial charge is 0.333 e. The SMILES string of the molecule is CN1CCN=C1c1ccc2c(c1)CC(=O)N(c1ccc(NC(=O)NS(=O)(=O)c3cccs3)cc1)C2=O. The molecule has 36 heavy (non-hydrogen) atoms. The van der Waals surface area contributed by atoms with Crippen LogP contribution < -0.4 is 14.9 Å². The zero-order valence-corrected chi connectivity index (χ0v) is 20.7. The molecular formula is C24H21N5O5S2. The first kappa shape index (κ1) is 23.7. The van der Waals surface area contributed by atoms with Crippen LogP contribution in [0.25, 0.3) is 0 Å². The molecule has 2 N–H and O–H groups in total. The molecule has 0 spiro atoms. The maximum atomic E-state index is 13.2. The van der Waals surface area contributed by atoms with Crippen LogP contribution in [0.2, 0.25) is 0 Å². The molecule has 12 heteroatoms. The van der Waals surface area contributed by atoms with Crippen molar-refractivity contribution < 1.29 is 22.8 Å². The number of urea groups is 1. The van der Waals surface area contributed by atoms with E-state index in [-0.39, 0.29) is 16.5 Å². The summed E-state index contributed by atoms with van der Waals surface area (Å²) in [5.41, 5.74) is 2.61. The fourth-order valence-corrected chi connectivity index (χ4v) is 6.01. The minimum Gasteiger partial charge on any atom is -0.358 e. The molecule has 0 aliphatic carbocycles. The summed E-state index contributed by atoms with van der Waals surface area (Å²) in [6.45, 7) is 1.54. The number of amidine groups is 1. The highest BCUT2D eigenvalue weighted by atomic mass is 32.2. The Hall–Kier alpha value is -4.03. The second-order valence-corrected chi connectivity index (χ2v) is 11.1. The number of nitrogens with one attached hydrogen (secondary N) is 2. The molecule has 3 aromatic rings. The van der Waals surface area contributed by atoms with E-state index < -0.39 is 22.0 Å². The van der Waals surface area contributed by atoms with E-state index in [9.17, 15) is 22.8 Å². The fraction of sp³-hybridized carbons (Fsp3) is 0.167. The Morgan fingerprint density at radius 2 is 1.86 bits per heavy atom. The number of fused-ring (bicyclic) bond motifs is 1. The Kier molecular flexibility index (Phi) is 6.06. The molecule has 2 aliphatic rings. The van der Waals surface area contributed by atoms with Gasteiger partial charge in [0.25, 0.3) is 15.9 Å². The van der Waals surface area contributed by atoms with Crippen molar-refractivity contribution in [3.63, 3.8) is 0 Å². The van der Waals surface area contributed by atoms with Crippen molar-refractivity contribution in [1.82, 2.24) is 9.62 Å². The van der Waals surface area contributed by atoms with Gasteiger partial charge in [-0.3, -0.25) is 14.6 Å². The van der Waals surface area contributed by atoms with Crippen molar-refractivity contribution in [1.29, 1.82) is 0 Å². The van der Waals surface area contributed by atoms with E-state index in [0.29, 0.717) is 29.0 Å². The maximum absolute atomic E-state index is 13.2. The van der Waals surface area contributed by atoms with Crippen LogP contribution >= 0.6 is 11.3 Å². The molecule has 0 saturated carbocycles. The third-order valence-corrected chi connectivity index (χ3v) is 8.55. The number of carbonyl (C=O) groups excluding carboxylic acids is 3. The van der Waals surface area contributed by atoms with Gasteiger partial charge in [0, 0.05) is 30.4 Å². The molecule has 5 rings (SSSR count). The van der Waals surface area contributed by atoms with Gasteiger partial charge in [-0.2, -0.15) is 0 Å². The lowest BCUT2D eigenvalue weighted by molar-refractivity contribution is -0.117. The number of likely N-dealkylation sites (N-methyl/N-ethyl adjacent to an activating group) is 1. The first-order chi connectivity index (χ1) is 17.2. The Morgan fingerprint density at radius 3 is 2.53 bits per heavy atom. The summed E-state index contributed by atoms with van der Waals surface area (Å²) in [6.07, 6.45) is 0.0644. The van der Waals surface area contributed by atoms with Gasteiger partial charge in [0.05, 0.1) is 18.7 Å². The zero-order chi connectivity index (χ0) is 25.4. The number of thiophene rings is 1. The van der Waals surface area contributed by atoms with Crippen LogP contribution in [0, 0.1) is 0 Å². The standard InChI is InChI=1S/C24H21N5O5S2/c1-28-11-10-25-22(28)15-4-9-19-16(13-15)14-20(30)29(23(19)31)18-7-5-17(6-8-18)26-24(32)27-36(33,34)21-3-2-12-35-21/h2-9,12-13H,10-11,14H2,1H3,(H2,26,27,32). The van der Waals surface area contributed by atoms with E-state index in [1.54, 1.807) is 17.5 Å². The number of nitrogens with zero attached hydrogens (tertiary/aromatic N) is 3. The highest BCUT2D eigenvalue weighted by Gasteiger charge is 2.33. The Labute approximate surface area is 211 Å². The van der Waals surface area contributed by atoms with Gasteiger partial charge in [-0.15, -0.1) is 11.3 Å². The largest absolute Gasteiger partial charge is 0.358 e. The molecule has 10 nitrogen and oxygen atoms in total. The van der Waals surface area contributed by atoms with E-state index in [0.717, 1.165) is 34.2 Å². The Bertz CT molecular complexity index is 1500. The molecule has 4 amide bonds. The van der Waals surface area contributed by atoms with E-state index in [4.69, 9.17) is 0 Å². The summed E-state index contributed by atoms with van der Waals surface area (Å²) in [5, 5.41) is 4.03.